The molecule has 0 unspecified atom stereocenters. The van der Waals surface area contributed by atoms with Gasteiger partial charge in [0.05, 0.1) is 22.6 Å². The zero-order chi connectivity index (χ0) is 15.5. The number of amides is 2. The van der Waals surface area contributed by atoms with Crippen molar-refractivity contribution in [3.05, 3.63) is 53.6 Å². The van der Waals surface area contributed by atoms with E-state index in [0.717, 1.165) is 5.82 Å². The van der Waals surface area contributed by atoms with Gasteiger partial charge in [0.2, 0.25) is 0 Å². The SMILES string of the molecule is O=C(CSCc1ncc[nH]1)ON1C(=O)c2ccccc2C1=O. The molecule has 1 N–H and O–H groups in total. The van der Waals surface area contributed by atoms with Gasteiger partial charge in [-0.25, -0.2) is 9.78 Å². The van der Waals surface area contributed by atoms with Crippen molar-refractivity contribution in [2.45, 2.75) is 5.75 Å². The van der Waals surface area contributed by atoms with Crippen LogP contribution in [0.4, 0.5) is 0 Å². The number of aromatic amines is 1. The van der Waals surface area contributed by atoms with Crippen LogP contribution in [-0.4, -0.2) is 38.6 Å². The highest BCUT2D eigenvalue weighted by molar-refractivity contribution is 7.99. The van der Waals surface area contributed by atoms with E-state index < -0.39 is 17.8 Å². The first kappa shape index (κ1) is 14.3. The summed E-state index contributed by atoms with van der Waals surface area (Å²) in [6, 6.07) is 6.34. The molecule has 0 fully saturated rings. The molecule has 0 aliphatic carbocycles. The van der Waals surface area contributed by atoms with Crippen LogP contribution in [-0.2, 0) is 15.4 Å². The summed E-state index contributed by atoms with van der Waals surface area (Å²) in [6.45, 7) is 0. The average molecular weight is 317 g/mol. The topological polar surface area (TPSA) is 92.4 Å². The predicted molar refractivity (Wildman–Crippen MR) is 77.8 cm³/mol. The number of nitrogens with zero attached hydrogens (tertiary/aromatic N) is 2. The van der Waals surface area contributed by atoms with Crippen LogP contribution < -0.4 is 0 Å². The van der Waals surface area contributed by atoms with E-state index in [0.29, 0.717) is 10.8 Å². The lowest BCUT2D eigenvalue weighted by molar-refractivity contribution is -0.165. The number of rotatable bonds is 5. The molecular formula is C14H11N3O4S. The van der Waals surface area contributed by atoms with Gasteiger partial charge in [-0.15, -0.1) is 11.8 Å². The molecule has 112 valence electrons. The minimum Gasteiger partial charge on any atom is -0.348 e. The van der Waals surface area contributed by atoms with Gasteiger partial charge in [0.1, 0.15) is 5.82 Å². The van der Waals surface area contributed by atoms with Gasteiger partial charge < -0.3 is 9.82 Å². The molecule has 1 aliphatic rings. The molecule has 8 heteroatoms. The smallest absolute Gasteiger partial charge is 0.343 e. The van der Waals surface area contributed by atoms with E-state index in [9.17, 15) is 14.4 Å². The number of thioether (sulfide) groups is 1. The summed E-state index contributed by atoms with van der Waals surface area (Å²) in [7, 11) is 0. The standard InChI is InChI=1S/C14H11N3O4S/c18-12(8-22-7-11-15-5-6-16-11)21-17-13(19)9-3-1-2-4-10(9)14(17)20/h1-6H,7-8H2,(H,15,16). The Labute approximate surface area is 129 Å². The van der Waals surface area contributed by atoms with E-state index in [4.69, 9.17) is 4.84 Å². The van der Waals surface area contributed by atoms with Gasteiger partial charge in [0.15, 0.2) is 0 Å². The van der Waals surface area contributed by atoms with Gasteiger partial charge >= 0.3 is 5.97 Å². The summed E-state index contributed by atoms with van der Waals surface area (Å²) >= 11 is 1.27. The maximum atomic E-state index is 12.0. The van der Waals surface area contributed by atoms with Gasteiger partial charge in [-0.05, 0) is 12.1 Å². The van der Waals surface area contributed by atoms with Crippen molar-refractivity contribution in [2.24, 2.45) is 0 Å². The molecular weight excluding hydrogens is 306 g/mol. The maximum Gasteiger partial charge on any atom is 0.343 e. The molecule has 7 nitrogen and oxygen atoms in total. The zero-order valence-electron chi connectivity index (χ0n) is 11.3. The van der Waals surface area contributed by atoms with Gasteiger partial charge in [-0.1, -0.05) is 17.2 Å². The van der Waals surface area contributed by atoms with E-state index in [2.05, 4.69) is 9.97 Å². The lowest BCUT2D eigenvalue weighted by Crippen LogP contribution is -2.33. The fraction of sp³-hybridized carbons (Fsp3) is 0.143. The van der Waals surface area contributed by atoms with Crippen LogP contribution in [0, 0.1) is 0 Å². The Bertz CT molecular complexity index is 694. The van der Waals surface area contributed by atoms with E-state index in [1.807, 2.05) is 0 Å². The summed E-state index contributed by atoms with van der Waals surface area (Å²) in [4.78, 5) is 47.6. The summed E-state index contributed by atoms with van der Waals surface area (Å²) in [5, 5.41) is 0.514. The molecule has 0 bridgehead atoms. The zero-order valence-corrected chi connectivity index (χ0v) is 12.1. The number of imidazole rings is 1. The first-order chi connectivity index (χ1) is 10.7. The van der Waals surface area contributed by atoms with Crippen LogP contribution in [0.5, 0.6) is 0 Å². The Balaban J connectivity index is 1.56. The van der Waals surface area contributed by atoms with Crippen molar-refractivity contribution in [2.75, 3.05) is 5.75 Å². The molecule has 3 rings (SSSR count). The Morgan fingerprint density at radius 2 is 1.91 bits per heavy atom. The number of H-pyrrole nitrogens is 1. The second-order valence-corrected chi connectivity index (χ2v) is 5.43. The molecule has 1 aliphatic heterocycles. The van der Waals surface area contributed by atoms with Crippen molar-refractivity contribution in [1.82, 2.24) is 15.0 Å². The molecule has 0 atom stereocenters. The van der Waals surface area contributed by atoms with Crippen molar-refractivity contribution in [3.8, 4) is 0 Å². The molecule has 0 saturated heterocycles. The Kier molecular flexibility index (Phi) is 3.92. The quantitative estimate of drug-likeness (QED) is 0.838. The Morgan fingerprint density at radius 3 is 2.50 bits per heavy atom. The number of hydroxylamine groups is 2. The lowest BCUT2D eigenvalue weighted by atomic mass is 10.1. The van der Waals surface area contributed by atoms with Gasteiger partial charge in [-0.2, -0.15) is 0 Å². The molecule has 0 radical (unpaired) electrons. The molecule has 22 heavy (non-hydrogen) atoms. The molecule has 1 aromatic carbocycles. The Hall–Kier alpha value is -2.61. The number of imide groups is 1. The van der Waals surface area contributed by atoms with Gasteiger partial charge in [0.25, 0.3) is 11.8 Å². The summed E-state index contributed by atoms with van der Waals surface area (Å²) in [5.74, 6) is -0.655. The van der Waals surface area contributed by atoms with E-state index in [-0.39, 0.29) is 16.9 Å². The fourth-order valence-electron chi connectivity index (χ4n) is 1.99. The second-order valence-electron chi connectivity index (χ2n) is 4.44. The van der Waals surface area contributed by atoms with Crippen molar-refractivity contribution in [1.29, 1.82) is 0 Å². The van der Waals surface area contributed by atoms with Gasteiger partial charge in [0, 0.05) is 12.4 Å². The highest BCUT2D eigenvalue weighted by Crippen LogP contribution is 2.23. The minimum atomic E-state index is -0.661. The third-order valence-electron chi connectivity index (χ3n) is 2.96. The maximum absolute atomic E-state index is 12.0. The number of carbonyl (C=O) groups is 3. The van der Waals surface area contributed by atoms with E-state index in [1.165, 1.54) is 23.9 Å². The third kappa shape index (κ3) is 2.73. The summed E-state index contributed by atoms with van der Waals surface area (Å²) in [6.07, 6.45) is 3.31. The summed E-state index contributed by atoms with van der Waals surface area (Å²) < 4.78 is 0. The van der Waals surface area contributed by atoms with Crippen molar-refractivity contribution >= 4 is 29.5 Å². The van der Waals surface area contributed by atoms with Crippen molar-refractivity contribution in [3.63, 3.8) is 0 Å². The number of hydrogen-bond acceptors (Lipinski definition) is 6. The molecule has 1 aromatic heterocycles. The number of carbonyl (C=O) groups excluding carboxylic acids is 3. The highest BCUT2D eigenvalue weighted by Gasteiger charge is 2.38. The molecule has 2 heterocycles. The number of benzene rings is 1. The van der Waals surface area contributed by atoms with Crippen molar-refractivity contribution < 1.29 is 19.2 Å². The normalized spacial score (nSPS) is 13.4. The number of aromatic nitrogens is 2. The average Bonchev–Trinajstić information content (AvgIpc) is 3.11. The molecule has 2 aromatic rings. The largest absolute Gasteiger partial charge is 0.348 e. The minimum absolute atomic E-state index is 0.00804. The van der Waals surface area contributed by atoms with E-state index in [1.54, 1.807) is 24.5 Å². The van der Waals surface area contributed by atoms with Crippen LogP contribution in [0.2, 0.25) is 0 Å². The van der Waals surface area contributed by atoms with Crippen LogP contribution in [0.15, 0.2) is 36.7 Å². The van der Waals surface area contributed by atoms with Crippen LogP contribution in [0.3, 0.4) is 0 Å². The van der Waals surface area contributed by atoms with Gasteiger partial charge in [-0.3, -0.25) is 9.59 Å². The number of fused-ring (bicyclic) bond motifs is 1. The second kappa shape index (κ2) is 6.02. The monoisotopic (exact) mass is 317 g/mol. The molecule has 0 saturated carbocycles. The first-order valence-electron chi connectivity index (χ1n) is 6.41. The summed E-state index contributed by atoms with van der Waals surface area (Å²) in [5.41, 5.74) is 0.479. The fourth-order valence-corrected chi connectivity index (χ4v) is 2.66. The van der Waals surface area contributed by atoms with E-state index >= 15 is 0 Å². The number of nitrogens with one attached hydrogen (secondary N) is 1. The predicted octanol–water partition coefficient (Wildman–Crippen LogP) is 1.40. The number of hydrogen-bond donors (Lipinski definition) is 1. The van der Waals surface area contributed by atoms with Crippen LogP contribution >= 0.6 is 11.8 Å². The Morgan fingerprint density at radius 1 is 1.23 bits per heavy atom. The molecule has 2 amide bonds. The highest BCUT2D eigenvalue weighted by atomic mass is 32.2. The first-order valence-corrected chi connectivity index (χ1v) is 7.57. The molecule has 0 spiro atoms. The van der Waals surface area contributed by atoms with Crippen LogP contribution in [0.1, 0.15) is 26.5 Å². The lowest BCUT2D eigenvalue weighted by Gasteiger charge is -2.12. The third-order valence-corrected chi connectivity index (χ3v) is 3.88. The van der Waals surface area contributed by atoms with Crippen LogP contribution in [0.25, 0.3) is 0 Å².